The van der Waals surface area contributed by atoms with E-state index in [1.54, 1.807) is 11.3 Å². The van der Waals surface area contributed by atoms with E-state index in [1.165, 1.54) is 42.0 Å². The van der Waals surface area contributed by atoms with Crippen LogP contribution in [-0.2, 0) is 0 Å². The van der Waals surface area contributed by atoms with Gasteiger partial charge in [0, 0.05) is 26.2 Å². The summed E-state index contributed by atoms with van der Waals surface area (Å²) in [6, 6.07) is 16.5. The van der Waals surface area contributed by atoms with Gasteiger partial charge in [0.1, 0.15) is 5.00 Å². The Morgan fingerprint density at radius 3 is 2.12 bits per heavy atom. The number of azo groups is 1. The highest BCUT2D eigenvalue weighted by molar-refractivity contribution is 7.20. The van der Waals surface area contributed by atoms with E-state index >= 15 is 0 Å². The van der Waals surface area contributed by atoms with Crippen LogP contribution in [0.15, 0.2) is 58.8 Å². The number of aromatic nitrogens is 2. The minimum Gasteiger partial charge on any atom is -0.363 e. The number of nitrogens with one attached hydrogen (secondary N) is 4. The van der Waals surface area contributed by atoms with Crippen LogP contribution in [0.5, 0.6) is 0 Å². The summed E-state index contributed by atoms with van der Waals surface area (Å²) >= 11 is 3.27. The van der Waals surface area contributed by atoms with Crippen molar-refractivity contribution in [3.05, 3.63) is 59.7 Å². The number of anilines is 6. The molecule has 2 aliphatic heterocycles. The van der Waals surface area contributed by atoms with E-state index in [9.17, 15) is 0 Å². The highest BCUT2D eigenvalue weighted by atomic mass is 32.1. The summed E-state index contributed by atoms with van der Waals surface area (Å²) in [5.74, 6) is 0. The van der Waals surface area contributed by atoms with Crippen molar-refractivity contribution in [3.63, 3.8) is 0 Å². The lowest BCUT2D eigenvalue weighted by Gasteiger charge is -2.15. The van der Waals surface area contributed by atoms with Gasteiger partial charge in [-0.3, -0.25) is 5.43 Å². The molecule has 2 aromatic heterocycles. The molecule has 2 fully saturated rings. The van der Waals surface area contributed by atoms with Gasteiger partial charge in [-0.15, -0.1) is 20.4 Å². The Morgan fingerprint density at radius 2 is 1.38 bits per heavy atom. The van der Waals surface area contributed by atoms with Crippen molar-refractivity contribution in [1.29, 1.82) is 0 Å². The summed E-state index contributed by atoms with van der Waals surface area (Å²) in [5.41, 5.74) is 19.2. The average Bonchev–Trinajstić information content (AvgIpc) is 3.78. The maximum atomic E-state index is 4.41. The Balaban J connectivity index is 1.01. The molecule has 0 atom stereocenters. The first-order valence-corrected chi connectivity index (χ1v) is 15.3. The third-order valence-electron chi connectivity index (χ3n) is 7.13. The molecule has 0 spiro atoms. The number of benzene rings is 2. The number of rotatable bonds is 10. The molecule has 40 heavy (non-hydrogen) atoms. The fourth-order valence-corrected chi connectivity index (χ4v) is 6.52. The normalized spacial score (nSPS) is 15.2. The third kappa shape index (κ3) is 6.28. The molecule has 0 bridgehead atoms. The molecule has 0 aliphatic carbocycles. The van der Waals surface area contributed by atoms with Gasteiger partial charge in [0.25, 0.3) is 5.13 Å². The summed E-state index contributed by atoms with van der Waals surface area (Å²) in [7, 11) is 0. The fraction of sp³-hybridized carbons (Fsp3) is 0.357. The van der Waals surface area contributed by atoms with Crippen molar-refractivity contribution >= 4 is 65.7 Å². The molecule has 208 valence electrons. The van der Waals surface area contributed by atoms with Gasteiger partial charge in [-0.1, -0.05) is 22.7 Å². The van der Waals surface area contributed by atoms with Gasteiger partial charge in [0.15, 0.2) is 0 Å². The lowest BCUT2D eigenvalue weighted by atomic mass is 10.2. The second-order valence-electron chi connectivity index (χ2n) is 10.1. The SMILES string of the molecule is Cc1cc(NNc2ccc(NNc3ccc(N4CCCC4)s3)cc2C)ccc1N=Nc1nnc(N2CCCC2)s1. The van der Waals surface area contributed by atoms with Gasteiger partial charge in [-0.2, -0.15) is 0 Å². The van der Waals surface area contributed by atoms with Gasteiger partial charge in [-0.05, 0) is 99.2 Å². The predicted molar refractivity (Wildman–Crippen MR) is 168 cm³/mol. The van der Waals surface area contributed by atoms with Crippen molar-refractivity contribution in [2.24, 2.45) is 10.2 Å². The minimum absolute atomic E-state index is 0.580. The molecule has 0 radical (unpaired) electrons. The first-order chi connectivity index (χ1) is 19.6. The molecule has 6 rings (SSSR count). The van der Waals surface area contributed by atoms with Gasteiger partial charge >= 0.3 is 0 Å². The molecule has 10 nitrogen and oxygen atoms in total. The summed E-state index contributed by atoms with van der Waals surface area (Å²) < 4.78 is 0. The van der Waals surface area contributed by atoms with E-state index in [1.807, 2.05) is 25.1 Å². The van der Waals surface area contributed by atoms with Gasteiger partial charge in [0.2, 0.25) is 5.13 Å². The maximum absolute atomic E-state index is 4.41. The van der Waals surface area contributed by atoms with Crippen molar-refractivity contribution in [2.45, 2.75) is 39.5 Å². The molecule has 2 saturated heterocycles. The van der Waals surface area contributed by atoms with E-state index in [4.69, 9.17) is 0 Å². The van der Waals surface area contributed by atoms with Crippen molar-refractivity contribution in [2.75, 3.05) is 57.7 Å². The molecule has 0 amide bonds. The molecule has 4 aromatic rings. The number of hydrogen-bond donors (Lipinski definition) is 4. The number of hydrazine groups is 2. The minimum atomic E-state index is 0.580. The standard InChI is InChI=1S/C28H34N10S2/c1-19-18-22(30-33-25-11-12-26(39-25)37-13-3-4-14-37)8-9-23(19)31-29-21-7-10-24(20(2)17-21)32-34-27-35-36-28(40-27)38-15-5-6-16-38/h7-12,17-18,29-31,33H,3-6,13-16H2,1-2H3. The molecule has 4 N–H and O–H groups in total. The van der Waals surface area contributed by atoms with Crippen LogP contribution in [0.1, 0.15) is 36.8 Å². The average molecular weight is 575 g/mol. The van der Waals surface area contributed by atoms with Crippen LogP contribution < -0.4 is 31.5 Å². The topological polar surface area (TPSA) is 105 Å². The number of nitrogens with zero attached hydrogens (tertiary/aromatic N) is 6. The molecular formula is C28H34N10S2. The summed E-state index contributed by atoms with van der Waals surface area (Å²) in [6.45, 7) is 8.52. The van der Waals surface area contributed by atoms with Crippen molar-refractivity contribution < 1.29 is 0 Å². The van der Waals surface area contributed by atoms with Gasteiger partial charge < -0.3 is 26.1 Å². The molecule has 0 unspecified atom stereocenters. The van der Waals surface area contributed by atoms with Crippen LogP contribution in [0.25, 0.3) is 0 Å². The summed E-state index contributed by atoms with van der Waals surface area (Å²) in [6.07, 6.45) is 4.99. The molecule has 12 heteroatoms. The molecule has 0 saturated carbocycles. The lowest BCUT2D eigenvalue weighted by molar-refractivity contribution is 0.925. The Morgan fingerprint density at radius 1 is 0.675 bits per heavy atom. The molecule has 4 heterocycles. The highest BCUT2D eigenvalue weighted by Gasteiger charge is 2.17. The van der Waals surface area contributed by atoms with E-state index in [0.29, 0.717) is 5.13 Å². The summed E-state index contributed by atoms with van der Waals surface area (Å²) in [4.78, 5) is 4.71. The van der Waals surface area contributed by atoms with Gasteiger partial charge in [-0.25, -0.2) is 0 Å². The number of aryl methyl sites for hydroxylation is 2. The monoisotopic (exact) mass is 574 g/mol. The van der Waals surface area contributed by atoms with Crippen LogP contribution in [0, 0.1) is 13.8 Å². The van der Waals surface area contributed by atoms with Crippen LogP contribution in [0.4, 0.5) is 43.0 Å². The van der Waals surface area contributed by atoms with Gasteiger partial charge in [0.05, 0.1) is 27.8 Å². The van der Waals surface area contributed by atoms with Crippen molar-refractivity contribution in [1.82, 2.24) is 10.2 Å². The fourth-order valence-electron chi connectivity index (χ4n) is 4.88. The highest BCUT2D eigenvalue weighted by Crippen LogP contribution is 2.33. The second kappa shape index (κ2) is 12.1. The summed E-state index contributed by atoms with van der Waals surface area (Å²) in [5, 5.41) is 21.1. The molecule has 2 aliphatic rings. The van der Waals surface area contributed by atoms with E-state index < -0.39 is 0 Å². The Labute approximate surface area is 242 Å². The molecule has 2 aromatic carbocycles. The molecular weight excluding hydrogens is 541 g/mol. The largest absolute Gasteiger partial charge is 0.363 e. The van der Waals surface area contributed by atoms with E-state index in [2.05, 4.69) is 89.2 Å². The zero-order chi connectivity index (χ0) is 27.3. The number of hydrogen-bond acceptors (Lipinski definition) is 12. The van der Waals surface area contributed by atoms with Crippen LogP contribution in [0.3, 0.4) is 0 Å². The first-order valence-electron chi connectivity index (χ1n) is 13.7. The Hall–Kier alpha value is -3.90. The van der Waals surface area contributed by atoms with Crippen LogP contribution >= 0.6 is 22.7 Å². The van der Waals surface area contributed by atoms with Crippen LogP contribution in [0.2, 0.25) is 0 Å². The number of thiophene rings is 1. The quantitative estimate of drug-likeness (QED) is 0.113. The second-order valence-corrected chi connectivity index (χ2v) is 12.1. The maximum Gasteiger partial charge on any atom is 0.253 e. The van der Waals surface area contributed by atoms with E-state index in [0.717, 1.165) is 70.2 Å². The smallest absolute Gasteiger partial charge is 0.253 e. The Kier molecular flexibility index (Phi) is 7.96. The van der Waals surface area contributed by atoms with Crippen molar-refractivity contribution in [3.8, 4) is 0 Å². The predicted octanol–water partition coefficient (Wildman–Crippen LogP) is 7.71. The van der Waals surface area contributed by atoms with E-state index in [-0.39, 0.29) is 0 Å². The zero-order valence-electron chi connectivity index (χ0n) is 22.8. The zero-order valence-corrected chi connectivity index (χ0v) is 24.4. The first kappa shape index (κ1) is 26.3. The third-order valence-corrected chi connectivity index (χ3v) is 9.06. The lowest BCUT2D eigenvalue weighted by Crippen LogP contribution is -2.17. The Bertz CT molecular complexity index is 1470. The van der Waals surface area contributed by atoms with Crippen LogP contribution in [-0.4, -0.2) is 36.4 Å².